The van der Waals surface area contributed by atoms with Gasteiger partial charge < -0.3 is 10.2 Å². The summed E-state index contributed by atoms with van der Waals surface area (Å²) in [6.07, 6.45) is 13.6. The Morgan fingerprint density at radius 1 is 1.04 bits per heavy atom. The fourth-order valence-electron chi connectivity index (χ4n) is 7.83. The zero-order chi connectivity index (χ0) is 34.4. The van der Waals surface area contributed by atoms with Crippen LogP contribution >= 0.6 is 15.9 Å². The molecule has 1 saturated heterocycles. The highest BCUT2D eigenvalue weighted by atomic mass is 79.9. The number of Topliss-reactive ketones (excluding diaryl/α,β-unsaturated/α-hetero) is 1. The smallest absolute Gasteiger partial charge is 0.248 e. The second kappa shape index (κ2) is 13.2. The molecule has 0 radical (unpaired) electrons. The SMILES string of the molecule is CC(=O)c1nn(CC(=O)N2C3C[C@@]34/C=[N+](/C)CCCCCCCc3ccc(Br)nc3NC(=O)[C@@H]2C4)c2c(C)cc(-c3cnc(C)nc3)cc12. The van der Waals surface area contributed by atoms with Gasteiger partial charge in [0.1, 0.15) is 54.3 Å². The van der Waals surface area contributed by atoms with Gasteiger partial charge in [0.05, 0.1) is 10.9 Å². The predicted octanol–water partition coefficient (Wildman–Crippen LogP) is 5.69. The number of aromatic nitrogens is 5. The summed E-state index contributed by atoms with van der Waals surface area (Å²) in [4.78, 5) is 56.5. The molecule has 1 aromatic carbocycles. The van der Waals surface area contributed by atoms with Crippen LogP contribution < -0.4 is 5.32 Å². The van der Waals surface area contributed by atoms with E-state index in [1.54, 1.807) is 22.0 Å². The van der Waals surface area contributed by atoms with Crippen molar-refractivity contribution in [2.75, 3.05) is 18.9 Å². The Labute approximate surface area is 294 Å². The van der Waals surface area contributed by atoms with Crippen LogP contribution in [0.15, 0.2) is 41.3 Å². The van der Waals surface area contributed by atoms with Gasteiger partial charge >= 0.3 is 0 Å². The highest BCUT2D eigenvalue weighted by molar-refractivity contribution is 9.10. The third-order valence-corrected chi connectivity index (χ3v) is 10.7. The molecule has 1 aliphatic carbocycles. The number of rotatable bonds is 4. The van der Waals surface area contributed by atoms with Crippen LogP contribution in [0.25, 0.3) is 22.0 Å². The second-order valence-corrected chi connectivity index (χ2v) is 14.8. The van der Waals surface area contributed by atoms with Gasteiger partial charge in [-0.1, -0.05) is 18.9 Å². The molecule has 1 unspecified atom stereocenters. The van der Waals surface area contributed by atoms with Gasteiger partial charge in [0.15, 0.2) is 5.78 Å². The van der Waals surface area contributed by atoms with Gasteiger partial charge in [-0.2, -0.15) is 5.10 Å². The highest BCUT2D eigenvalue weighted by Crippen LogP contribution is 2.58. The Hall–Kier alpha value is -4.32. The first-order valence-corrected chi connectivity index (χ1v) is 18.0. The summed E-state index contributed by atoms with van der Waals surface area (Å²) in [6, 6.07) is 7.10. The number of pyridine rings is 1. The topological polar surface area (TPSA) is 126 Å². The molecular formula is C37H42BrN8O3+. The first-order valence-electron chi connectivity index (χ1n) is 17.2. The third-order valence-electron chi connectivity index (χ3n) is 10.3. The number of carbonyl (C=O) groups excluding carboxylic acids is 3. The number of hydrogen-bond acceptors (Lipinski definition) is 7. The number of ketones is 1. The molecule has 1 spiro atoms. The van der Waals surface area contributed by atoms with E-state index in [1.807, 2.05) is 38.1 Å². The molecule has 2 amide bonds. The van der Waals surface area contributed by atoms with Crippen molar-refractivity contribution in [3.8, 4) is 11.1 Å². The maximum atomic E-state index is 14.4. The van der Waals surface area contributed by atoms with Crippen molar-refractivity contribution < 1.29 is 19.0 Å². The largest absolute Gasteiger partial charge is 0.325 e. The van der Waals surface area contributed by atoms with E-state index >= 15 is 0 Å². The van der Waals surface area contributed by atoms with Crippen molar-refractivity contribution in [2.45, 2.75) is 90.8 Å². The molecule has 3 aliphatic rings. The Morgan fingerprint density at radius 2 is 1.80 bits per heavy atom. The van der Waals surface area contributed by atoms with E-state index in [9.17, 15) is 14.4 Å². The first kappa shape index (κ1) is 33.2. The maximum absolute atomic E-state index is 14.4. The summed E-state index contributed by atoms with van der Waals surface area (Å²) in [7, 11) is 2.10. The van der Waals surface area contributed by atoms with Crippen LogP contribution in [-0.4, -0.2) is 83.7 Å². The highest BCUT2D eigenvalue weighted by Gasteiger charge is 2.68. The van der Waals surface area contributed by atoms with Gasteiger partial charge in [-0.3, -0.25) is 19.1 Å². The molecule has 11 nitrogen and oxygen atoms in total. The standard InChI is InChI=1S/C37H41BrN8O3/c1-22-14-26(27-18-39-24(3)40-19-27)15-28-33(23(2)47)43-45(34(22)28)20-32(48)46-29-16-37(17-30(37)46)21-44(4)13-9-7-5-6-8-10-25-11-12-31(38)41-35(25)42-36(29)49/h11-12,14-15,18-19,21,29-30H,5-10,13,16-17,20H2,1-4H3/p+1/b44-21-/t29-,30?,37-/m0/s1. The molecule has 3 atom stereocenters. The van der Waals surface area contributed by atoms with Crippen LogP contribution in [0, 0.1) is 19.3 Å². The zero-order valence-electron chi connectivity index (χ0n) is 28.5. The summed E-state index contributed by atoms with van der Waals surface area (Å²) < 4.78 is 4.54. The molecule has 5 heterocycles. The van der Waals surface area contributed by atoms with Crippen molar-refractivity contribution in [2.24, 2.45) is 5.41 Å². The molecule has 1 saturated carbocycles. The molecule has 2 aliphatic heterocycles. The molecule has 49 heavy (non-hydrogen) atoms. The molecule has 7 rings (SSSR count). The molecule has 12 heteroatoms. The normalized spacial score (nSPS) is 23.7. The van der Waals surface area contributed by atoms with Crippen molar-refractivity contribution in [3.63, 3.8) is 0 Å². The van der Waals surface area contributed by atoms with Crippen LogP contribution in [0.3, 0.4) is 0 Å². The van der Waals surface area contributed by atoms with Crippen molar-refractivity contribution in [1.82, 2.24) is 29.6 Å². The number of benzene rings is 1. The minimum atomic E-state index is -0.666. The fourth-order valence-corrected chi connectivity index (χ4v) is 8.14. The van der Waals surface area contributed by atoms with Crippen LogP contribution in [-0.2, 0) is 22.6 Å². The van der Waals surface area contributed by atoms with Crippen molar-refractivity contribution in [1.29, 1.82) is 0 Å². The maximum Gasteiger partial charge on any atom is 0.248 e. The van der Waals surface area contributed by atoms with Crippen LogP contribution in [0.1, 0.15) is 79.3 Å². The van der Waals surface area contributed by atoms with E-state index in [2.05, 4.69) is 59.1 Å². The number of nitrogens with one attached hydrogen (secondary N) is 1. The first-order chi connectivity index (χ1) is 23.5. The number of fused-ring (bicyclic) bond motifs is 3. The minimum Gasteiger partial charge on any atom is -0.325 e. The molecular weight excluding hydrogens is 684 g/mol. The van der Waals surface area contributed by atoms with E-state index in [4.69, 9.17) is 0 Å². The number of carbonyl (C=O) groups is 3. The van der Waals surface area contributed by atoms with Gasteiger partial charge in [0, 0.05) is 42.7 Å². The third kappa shape index (κ3) is 6.54. The lowest BCUT2D eigenvalue weighted by Gasteiger charge is -2.27. The number of nitrogens with zero attached hydrogens (tertiary/aromatic N) is 7. The number of aryl methyl sites for hydroxylation is 3. The average molecular weight is 727 g/mol. The number of piperidine rings is 1. The Balaban J connectivity index is 1.23. The number of halogens is 1. The second-order valence-electron chi connectivity index (χ2n) is 14.0. The number of likely N-dealkylation sites (tertiary alicyclic amines) is 1. The lowest BCUT2D eigenvalue weighted by atomic mass is 9.99. The van der Waals surface area contributed by atoms with Crippen LogP contribution in [0.4, 0.5) is 5.82 Å². The number of anilines is 1. The molecule has 4 aromatic rings. The zero-order valence-corrected chi connectivity index (χ0v) is 30.1. The Morgan fingerprint density at radius 3 is 2.57 bits per heavy atom. The monoisotopic (exact) mass is 725 g/mol. The Kier molecular flexibility index (Phi) is 8.93. The molecule has 254 valence electrons. The quantitative estimate of drug-likeness (QED) is 0.163. The number of amides is 2. The summed E-state index contributed by atoms with van der Waals surface area (Å²) in [5.41, 5.74) is 4.34. The van der Waals surface area contributed by atoms with E-state index < -0.39 is 6.04 Å². The minimum absolute atomic E-state index is 0.0906. The molecule has 1 N–H and O–H groups in total. The fraction of sp³-hybridized carbons (Fsp3) is 0.459. The molecule has 2 fully saturated rings. The van der Waals surface area contributed by atoms with Gasteiger partial charge in [-0.25, -0.2) is 19.5 Å². The van der Waals surface area contributed by atoms with Crippen molar-refractivity contribution in [3.05, 3.63) is 63.9 Å². The van der Waals surface area contributed by atoms with E-state index in [0.717, 1.165) is 66.4 Å². The van der Waals surface area contributed by atoms with E-state index in [1.165, 1.54) is 19.8 Å². The van der Waals surface area contributed by atoms with Gasteiger partial charge in [0.2, 0.25) is 11.8 Å². The van der Waals surface area contributed by atoms with Gasteiger partial charge in [0.25, 0.3) is 0 Å². The summed E-state index contributed by atoms with van der Waals surface area (Å²) in [5.74, 6) is 0.602. The van der Waals surface area contributed by atoms with E-state index in [0.29, 0.717) is 33.7 Å². The van der Waals surface area contributed by atoms with Crippen LogP contribution in [0.2, 0.25) is 0 Å². The van der Waals surface area contributed by atoms with Crippen molar-refractivity contribution >= 4 is 56.5 Å². The average Bonchev–Trinajstić information content (AvgIpc) is 3.44. The van der Waals surface area contributed by atoms with Gasteiger partial charge in [-0.15, -0.1) is 0 Å². The lowest BCUT2D eigenvalue weighted by molar-refractivity contribution is -0.495. The Bertz CT molecular complexity index is 2000. The predicted molar refractivity (Wildman–Crippen MR) is 191 cm³/mol. The summed E-state index contributed by atoms with van der Waals surface area (Å²) >= 11 is 3.48. The van der Waals surface area contributed by atoms with Gasteiger partial charge in [-0.05, 0) is 96.8 Å². The lowest BCUT2D eigenvalue weighted by Crippen LogP contribution is -2.47. The van der Waals surface area contributed by atoms with E-state index in [-0.39, 0.29) is 35.6 Å². The van der Waals surface area contributed by atoms with Crippen LogP contribution in [0.5, 0.6) is 0 Å². The molecule has 2 bridgehead atoms. The molecule has 3 aromatic heterocycles. The number of hydrogen-bond donors (Lipinski definition) is 1. The summed E-state index contributed by atoms with van der Waals surface area (Å²) in [6.45, 7) is 6.13. The summed E-state index contributed by atoms with van der Waals surface area (Å²) in [5, 5.41) is 8.48.